The van der Waals surface area contributed by atoms with Crippen LogP contribution in [0.15, 0.2) is 41.0 Å². The largest absolute Gasteiger partial charge is 0.469 e. The molecule has 3 aromatic rings. The first kappa shape index (κ1) is 14.1. The van der Waals surface area contributed by atoms with E-state index in [-0.39, 0.29) is 0 Å². The minimum Gasteiger partial charge on any atom is -0.469 e. The van der Waals surface area contributed by atoms with Crippen LogP contribution < -0.4 is 0 Å². The van der Waals surface area contributed by atoms with Crippen LogP contribution in [-0.2, 0) is 0 Å². The van der Waals surface area contributed by atoms with Crippen molar-refractivity contribution in [1.29, 1.82) is 0 Å². The summed E-state index contributed by atoms with van der Waals surface area (Å²) in [6.07, 6.45) is 1.59. The van der Waals surface area contributed by atoms with Crippen molar-refractivity contribution in [2.45, 2.75) is 13.8 Å². The Kier molecular flexibility index (Phi) is 3.70. The van der Waals surface area contributed by atoms with Gasteiger partial charge in [0.15, 0.2) is 5.82 Å². The third-order valence-corrected chi connectivity index (χ3v) is 3.77. The molecular weight excluding hydrogens is 307 g/mol. The highest BCUT2D eigenvalue weighted by molar-refractivity contribution is 6.37. The molecule has 106 valence electrons. The average Bonchev–Trinajstić information content (AvgIpc) is 2.84. The quantitative estimate of drug-likeness (QED) is 0.599. The van der Waals surface area contributed by atoms with E-state index in [0.717, 1.165) is 22.5 Å². The first-order chi connectivity index (χ1) is 10.1. The summed E-state index contributed by atoms with van der Waals surface area (Å²) in [4.78, 5) is 8.71. The molecule has 3 nitrogen and oxygen atoms in total. The predicted octanol–water partition coefficient (Wildman–Crippen LogP) is 5.33. The van der Waals surface area contributed by atoms with Gasteiger partial charge in [-0.25, -0.2) is 9.97 Å². The summed E-state index contributed by atoms with van der Waals surface area (Å²) in [5.41, 5.74) is 3.45. The average molecular weight is 319 g/mol. The minimum absolute atomic E-state index is 0.330. The van der Waals surface area contributed by atoms with Crippen LogP contribution in [0.1, 0.15) is 11.3 Å². The Morgan fingerprint density at radius 1 is 1.00 bits per heavy atom. The molecule has 0 fully saturated rings. The molecule has 0 radical (unpaired) electrons. The number of aryl methyl sites for hydroxylation is 2. The number of rotatable bonds is 2. The normalized spacial score (nSPS) is 10.9. The minimum atomic E-state index is 0.330. The molecule has 0 aliphatic heterocycles. The van der Waals surface area contributed by atoms with Crippen LogP contribution in [0, 0.1) is 13.8 Å². The van der Waals surface area contributed by atoms with Crippen LogP contribution in [0.25, 0.3) is 22.5 Å². The summed E-state index contributed by atoms with van der Waals surface area (Å²) in [6.45, 7) is 3.85. The Balaban J connectivity index is 2.15. The van der Waals surface area contributed by atoms with E-state index < -0.39 is 0 Å². The van der Waals surface area contributed by atoms with E-state index >= 15 is 0 Å². The maximum Gasteiger partial charge on any atom is 0.166 e. The molecule has 5 heteroatoms. The molecule has 0 aliphatic rings. The van der Waals surface area contributed by atoms with Gasteiger partial charge in [-0.05, 0) is 25.5 Å². The molecule has 0 saturated carbocycles. The van der Waals surface area contributed by atoms with Crippen molar-refractivity contribution in [3.8, 4) is 22.5 Å². The lowest BCUT2D eigenvalue weighted by atomic mass is 10.1. The smallest absolute Gasteiger partial charge is 0.166 e. The van der Waals surface area contributed by atoms with Crippen molar-refractivity contribution in [3.63, 3.8) is 0 Å². The highest BCUT2D eigenvalue weighted by Crippen LogP contribution is 2.35. The second kappa shape index (κ2) is 5.51. The van der Waals surface area contributed by atoms with Crippen molar-refractivity contribution in [1.82, 2.24) is 9.97 Å². The number of nitrogens with zero attached hydrogens (tertiary/aromatic N) is 2. The van der Waals surface area contributed by atoms with Crippen LogP contribution in [0.3, 0.4) is 0 Å². The molecule has 0 spiro atoms. The fraction of sp³-hybridized carbons (Fsp3) is 0.125. The van der Waals surface area contributed by atoms with Gasteiger partial charge in [-0.2, -0.15) is 0 Å². The molecule has 2 heterocycles. The van der Waals surface area contributed by atoms with Crippen LogP contribution in [0.5, 0.6) is 0 Å². The number of hydrogen-bond donors (Lipinski definition) is 0. The van der Waals surface area contributed by atoms with E-state index in [1.807, 2.05) is 38.1 Å². The number of furan rings is 1. The number of halogens is 2. The van der Waals surface area contributed by atoms with Crippen molar-refractivity contribution < 1.29 is 4.42 Å². The lowest BCUT2D eigenvalue weighted by Crippen LogP contribution is -1.95. The van der Waals surface area contributed by atoms with E-state index in [1.165, 1.54) is 0 Å². The van der Waals surface area contributed by atoms with Crippen LogP contribution in [0.4, 0.5) is 0 Å². The second-order valence-corrected chi connectivity index (χ2v) is 5.48. The van der Waals surface area contributed by atoms with Gasteiger partial charge in [0.25, 0.3) is 0 Å². The summed E-state index contributed by atoms with van der Waals surface area (Å²) in [7, 11) is 0. The highest BCUT2D eigenvalue weighted by atomic mass is 35.5. The Labute approximate surface area is 132 Å². The fourth-order valence-corrected chi connectivity index (χ4v) is 2.79. The van der Waals surface area contributed by atoms with Crippen molar-refractivity contribution in [2.75, 3.05) is 0 Å². The monoisotopic (exact) mass is 318 g/mol. The molecule has 1 aromatic carbocycles. The molecular formula is C16H12Cl2N2O. The standard InChI is InChI=1S/C16H12Cl2N2O/c1-9-4-3-5-11(8-9)13-14(17)19-16(20-15(13)18)12-6-7-21-10(12)2/h3-8H,1-2H3. The number of hydrogen-bond acceptors (Lipinski definition) is 3. The van der Waals surface area contributed by atoms with E-state index in [0.29, 0.717) is 21.7 Å². The molecule has 0 unspecified atom stereocenters. The summed E-state index contributed by atoms with van der Waals surface area (Å²) < 4.78 is 5.26. The van der Waals surface area contributed by atoms with Crippen LogP contribution >= 0.6 is 23.2 Å². The zero-order valence-corrected chi connectivity index (χ0v) is 13.0. The molecule has 0 amide bonds. The van der Waals surface area contributed by atoms with Gasteiger partial charge in [0, 0.05) is 0 Å². The van der Waals surface area contributed by atoms with Crippen LogP contribution in [0.2, 0.25) is 10.3 Å². The first-order valence-electron chi connectivity index (χ1n) is 6.41. The van der Waals surface area contributed by atoms with Gasteiger partial charge in [-0.1, -0.05) is 53.0 Å². The first-order valence-corrected chi connectivity index (χ1v) is 7.16. The second-order valence-electron chi connectivity index (χ2n) is 4.76. The van der Waals surface area contributed by atoms with Gasteiger partial charge < -0.3 is 4.42 Å². The molecule has 21 heavy (non-hydrogen) atoms. The van der Waals surface area contributed by atoms with Gasteiger partial charge in [-0.15, -0.1) is 0 Å². The van der Waals surface area contributed by atoms with Gasteiger partial charge in [0.2, 0.25) is 0 Å². The van der Waals surface area contributed by atoms with Crippen molar-refractivity contribution >= 4 is 23.2 Å². The molecule has 3 rings (SSSR count). The zero-order chi connectivity index (χ0) is 15.0. The van der Waals surface area contributed by atoms with Gasteiger partial charge in [0.1, 0.15) is 16.1 Å². The summed E-state index contributed by atoms with van der Waals surface area (Å²) >= 11 is 12.6. The van der Waals surface area contributed by atoms with Gasteiger partial charge >= 0.3 is 0 Å². The zero-order valence-electron chi connectivity index (χ0n) is 11.5. The van der Waals surface area contributed by atoms with E-state index in [9.17, 15) is 0 Å². The Hall–Kier alpha value is -1.84. The Morgan fingerprint density at radius 2 is 1.71 bits per heavy atom. The Morgan fingerprint density at radius 3 is 2.29 bits per heavy atom. The highest BCUT2D eigenvalue weighted by Gasteiger charge is 2.16. The van der Waals surface area contributed by atoms with Crippen molar-refractivity contribution in [3.05, 3.63) is 58.2 Å². The fourth-order valence-electron chi connectivity index (χ4n) is 2.18. The molecule has 0 aliphatic carbocycles. The Bertz CT molecular complexity index is 789. The summed E-state index contributed by atoms with van der Waals surface area (Å²) in [6, 6.07) is 9.69. The molecule has 0 atom stereocenters. The molecule has 2 aromatic heterocycles. The topological polar surface area (TPSA) is 38.9 Å². The third kappa shape index (κ3) is 2.67. The maximum absolute atomic E-state index is 6.32. The SMILES string of the molecule is Cc1cccc(-c2c(Cl)nc(-c3ccoc3C)nc2Cl)c1. The lowest BCUT2D eigenvalue weighted by molar-refractivity contribution is 0.535. The third-order valence-electron chi connectivity index (χ3n) is 3.23. The summed E-state index contributed by atoms with van der Waals surface area (Å²) in [5, 5.41) is 0.660. The van der Waals surface area contributed by atoms with E-state index in [2.05, 4.69) is 9.97 Å². The van der Waals surface area contributed by atoms with Crippen LogP contribution in [-0.4, -0.2) is 9.97 Å². The molecule has 0 bridgehead atoms. The lowest BCUT2D eigenvalue weighted by Gasteiger charge is -2.09. The van der Waals surface area contributed by atoms with Gasteiger partial charge in [-0.3, -0.25) is 0 Å². The number of aromatic nitrogens is 2. The van der Waals surface area contributed by atoms with Gasteiger partial charge in [0.05, 0.1) is 17.4 Å². The van der Waals surface area contributed by atoms with E-state index in [1.54, 1.807) is 12.3 Å². The number of benzene rings is 1. The van der Waals surface area contributed by atoms with Crippen molar-refractivity contribution in [2.24, 2.45) is 0 Å². The molecule has 0 N–H and O–H groups in total. The maximum atomic E-state index is 6.32. The summed E-state index contributed by atoms with van der Waals surface area (Å²) in [5.74, 6) is 1.19. The molecule has 0 saturated heterocycles. The van der Waals surface area contributed by atoms with E-state index in [4.69, 9.17) is 27.6 Å². The predicted molar refractivity (Wildman–Crippen MR) is 84.7 cm³/mol.